The normalized spacial score (nSPS) is 17.8. The lowest BCUT2D eigenvalue weighted by atomic mass is 9.67. The molecule has 0 heterocycles. The van der Waals surface area contributed by atoms with Crippen LogP contribution in [-0.4, -0.2) is 11.8 Å². The highest BCUT2D eigenvalue weighted by molar-refractivity contribution is 5.93. The van der Waals surface area contributed by atoms with Crippen molar-refractivity contribution in [2.75, 3.05) is 0 Å². The second-order valence-electron chi connectivity index (χ2n) is 8.30. The molecular formula is C25H32N2O2. The molecule has 0 spiro atoms. The van der Waals surface area contributed by atoms with E-state index in [0.29, 0.717) is 11.1 Å². The molecule has 4 heteroatoms. The summed E-state index contributed by atoms with van der Waals surface area (Å²) < 4.78 is 0. The van der Waals surface area contributed by atoms with Gasteiger partial charge in [-0.3, -0.25) is 9.59 Å². The van der Waals surface area contributed by atoms with Crippen molar-refractivity contribution in [3.05, 3.63) is 70.8 Å². The van der Waals surface area contributed by atoms with Crippen molar-refractivity contribution in [2.45, 2.75) is 69.6 Å². The predicted octanol–water partition coefficient (Wildman–Crippen LogP) is 5.09. The van der Waals surface area contributed by atoms with Crippen molar-refractivity contribution < 1.29 is 9.59 Å². The topological polar surface area (TPSA) is 86.2 Å². The number of hydrogen-bond donors (Lipinski definition) is 2. The van der Waals surface area contributed by atoms with Crippen molar-refractivity contribution >= 4 is 11.8 Å². The summed E-state index contributed by atoms with van der Waals surface area (Å²) in [6.45, 7) is 0. The van der Waals surface area contributed by atoms with Crippen molar-refractivity contribution in [3.8, 4) is 0 Å². The van der Waals surface area contributed by atoms with Gasteiger partial charge in [0.05, 0.1) is 0 Å². The van der Waals surface area contributed by atoms with Gasteiger partial charge in [0.1, 0.15) is 0 Å². The number of benzene rings is 2. The third-order valence-electron chi connectivity index (χ3n) is 6.36. The van der Waals surface area contributed by atoms with Crippen molar-refractivity contribution in [3.63, 3.8) is 0 Å². The minimum Gasteiger partial charge on any atom is -0.366 e. The molecule has 0 aromatic heterocycles. The lowest BCUT2D eigenvalue weighted by Gasteiger charge is -2.36. The van der Waals surface area contributed by atoms with Crippen LogP contribution in [0.1, 0.15) is 96.1 Å². The lowest BCUT2D eigenvalue weighted by Crippen LogP contribution is -2.29. The van der Waals surface area contributed by atoms with Gasteiger partial charge >= 0.3 is 0 Å². The lowest BCUT2D eigenvalue weighted by molar-refractivity contribution is 0.0992. The van der Waals surface area contributed by atoms with Crippen molar-refractivity contribution in [1.82, 2.24) is 0 Å². The minimum absolute atomic E-state index is 0.249. The molecule has 0 atom stereocenters. The number of primary amides is 2. The first kappa shape index (κ1) is 21.1. The number of rotatable bonds is 4. The number of carbonyl (C=O) groups excluding carboxylic acids is 2. The Labute approximate surface area is 173 Å². The van der Waals surface area contributed by atoms with Gasteiger partial charge in [0.2, 0.25) is 11.8 Å². The van der Waals surface area contributed by atoms with Gasteiger partial charge in [0, 0.05) is 16.5 Å². The Hall–Kier alpha value is -2.62. The molecule has 0 radical (unpaired) electrons. The second-order valence-corrected chi connectivity index (χ2v) is 8.30. The summed E-state index contributed by atoms with van der Waals surface area (Å²) >= 11 is 0. The highest BCUT2D eigenvalue weighted by atomic mass is 16.1. The maximum absolute atomic E-state index is 11.9. The summed E-state index contributed by atoms with van der Waals surface area (Å²) in [5.74, 6) is -0.825. The summed E-state index contributed by atoms with van der Waals surface area (Å²) in [5, 5.41) is 0. The van der Waals surface area contributed by atoms with E-state index in [0.717, 1.165) is 36.8 Å². The molecule has 1 fully saturated rings. The quantitative estimate of drug-likeness (QED) is 0.760. The van der Waals surface area contributed by atoms with Crippen LogP contribution >= 0.6 is 0 Å². The average molecular weight is 393 g/mol. The second kappa shape index (κ2) is 9.73. The highest BCUT2D eigenvalue weighted by Gasteiger charge is 2.34. The standard InChI is InChI=1S/C25H32N2O2/c26-23(28)19-11-9-13-21(17-19)25(22-14-10-12-20(18-22)24(27)29)15-7-5-3-1-2-4-6-8-16-25/h9-14,17-18H,1-8,15-16H2,(H2,26,28)(H2,27,29). The Balaban J connectivity index is 2.12. The van der Waals surface area contributed by atoms with Gasteiger partial charge in [-0.05, 0) is 48.2 Å². The minimum atomic E-state index is -0.412. The molecule has 1 saturated carbocycles. The SMILES string of the molecule is NC(=O)c1cccc(C2(c3cccc(C(N)=O)c3)CCCCCCCCCC2)c1. The average Bonchev–Trinajstić information content (AvgIpc) is 2.79. The Morgan fingerprint density at radius 1 is 0.621 bits per heavy atom. The zero-order valence-corrected chi connectivity index (χ0v) is 17.2. The van der Waals surface area contributed by atoms with Gasteiger partial charge in [-0.25, -0.2) is 0 Å². The monoisotopic (exact) mass is 392 g/mol. The van der Waals surface area contributed by atoms with E-state index in [-0.39, 0.29) is 5.41 Å². The van der Waals surface area contributed by atoms with Crippen LogP contribution in [-0.2, 0) is 5.41 Å². The largest absolute Gasteiger partial charge is 0.366 e. The van der Waals surface area contributed by atoms with Crippen LogP contribution in [0.5, 0.6) is 0 Å². The molecule has 4 nitrogen and oxygen atoms in total. The Morgan fingerprint density at radius 3 is 1.38 bits per heavy atom. The summed E-state index contributed by atoms with van der Waals surface area (Å²) in [5.41, 5.74) is 14.2. The van der Waals surface area contributed by atoms with E-state index < -0.39 is 11.8 Å². The molecule has 2 aromatic rings. The zero-order chi connectivity index (χ0) is 20.7. The molecular weight excluding hydrogens is 360 g/mol. The first-order valence-corrected chi connectivity index (χ1v) is 10.8. The maximum Gasteiger partial charge on any atom is 0.248 e. The van der Waals surface area contributed by atoms with Crippen molar-refractivity contribution in [2.24, 2.45) is 11.5 Å². The highest BCUT2D eigenvalue weighted by Crippen LogP contribution is 2.43. The van der Waals surface area contributed by atoms with Gasteiger partial charge in [-0.2, -0.15) is 0 Å². The van der Waals surface area contributed by atoms with Crippen LogP contribution in [0.2, 0.25) is 0 Å². The van der Waals surface area contributed by atoms with E-state index >= 15 is 0 Å². The molecule has 3 rings (SSSR count). The number of hydrogen-bond acceptors (Lipinski definition) is 2. The van der Waals surface area contributed by atoms with Gasteiger partial charge in [0.15, 0.2) is 0 Å². The third-order valence-corrected chi connectivity index (χ3v) is 6.36. The molecule has 2 amide bonds. The molecule has 4 N–H and O–H groups in total. The van der Waals surface area contributed by atoms with Gasteiger partial charge < -0.3 is 11.5 Å². The molecule has 1 aliphatic rings. The third kappa shape index (κ3) is 5.06. The summed E-state index contributed by atoms with van der Waals surface area (Å²) in [4.78, 5) is 23.7. The van der Waals surface area contributed by atoms with Gasteiger partial charge in [-0.1, -0.05) is 75.6 Å². The van der Waals surface area contributed by atoms with E-state index in [1.807, 2.05) is 24.3 Å². The Kier molecular flexibility index (Phi) is 7.08. The molecule has 154 valence electrons. The van der Waals surface area contributed by atoms with E-state index in [2.05, 4.69) is 12.1 Å². The van der Waals surface area contributed by atoms with E-state index in [4.69, 9.17) is 11.5 Å². The van der Waals surface area contributed by atoms with Crippen LogP contribution in [0.25, 0.3) is 0 Å². The fourth-order valence-corrected chi connectivity index (χ4v) is 4.72. The fourth-order valence-electron chi connectivity index (χ4n) is 4.72. The number of amides is 2. The van der Waals surface area contributed by atoms with Gasteiger partial charge in [-0.15, -0.1) is 0 Å². The predicted molar refractivity (Wildman–Crippen MR) is 117 cm³/mol. The van der Waals surface area contributed by atoms with E-state index in [1.54, 1.807) is 12.1 Å². The molecule has 0 saturated heterocycles. The van der Waals surface area contributed by atoms with Crippen LogP contribution < -0.4 is 11.5 Å². The first-order chi connectivity index (χ1) is 14.0. The van der Waals surface area contributed by atoms with Crippen LogP contribution in [0, 0.1) is 0 Å². The molecule has 2 aromatic carbocycles. The Bertz CT molecular complexity index is 788. The first-order valence-electron chi connectivity index (χ1n) is 10.8. The molecule has 0 unspecified atom stereocenters. The molecule has 0 aliphatic heterocycles. The fraction of sp³-hybridized carbons (Fsp3) is 0.440. The number of carbonyl (C=O) groups is 2. The van der Waals surface area contributed by atoms with Crippen LogP contribution in [0.3, 0.4) is 0 Å². The summed E-state index contributed by atoms with van der Waals surface area (Å²) in [7, 11) is 0. The number of nitrogens with two attached hydrogens (primary N) is 2. The van der Waals surface area contributed by atoms with E-state index in [1.165, 1.54) is 38.5 Å². The molecule has 0 bridgehead atoms. The van der Waals surface area contributed by atoms with E-state index in [9.17, 15) is 9.59 Å². The van der Waals surface area contributed by atoms with Crippen LogP contribution in [0.4, 0.5) is 0 Å². The smallest absolute Gasteiger partial charge is 0.248 e. The zero-order valence-electron chi connectivity index (χ0n) is 17.2. The van der Waals surface area contributed by atoms with Crippen LogP contribution in [0.15, 0.2) is 48.5 Å². The maximum atomic E-state index is 11.9. The van der Waals surface area contributed by atoms with Crippen molar-refractivity contribution in [1.29, 1.82) is 0 Å². The summed E-state index contributed by atoms with van der Waals surface area (Å²) in [6.07, 6.45) is 11.7. The van der Waals surface area contributed by atoms with Gasteiger partial charge in [0.25, 0.3) is 0 Å². The summed E-state index contributed by atoms with van der Waals surface area (Å²) in [6, 6.07) is 15.5. The molecule has 1 aliphatic carbocycles. The Morgan fingerprint density at radius 2 is 1.00 bits per heavy atom. The molecule has 29 heavy (non-hydrogen) atoms.